The van der Waals surface area contributed by atoms with Crippen molar-refractivity contribution in [1.29, 1.82) is 0 Å². The number of rotatable bonds is 4. The second-order valence-electron chi connectivity index (χ2n) is 3.92. The van der Waals surface area contributed by atoms with Crippen molar-refractivity contribution in [1.82, 2.24) is 4.98 Å². The largest absolute Gasteiger partial charge is 0.361 e. The summed E-state index contributed by atoms with van der Waals surface area (Å²) in [6.45, 7) is 0.897. The smallest absolute Gasteiger partial charge is 0.183 e. The van der Waals surface area contributed by atoms with E-state index in [-0.39, 0.29) is 0 Å². The second kappa shape index (κ2) is 5.26. The first kappa shape index (κ1) is 12.0. The summed E-state index contributed by atoms with van der Waals surface area (Å²) in [4.78, 5) is 4.52. The van der Waals surface area contributed by atoms with Crippen molar-refractivity contribution in [2.45, 2.75) is 6.42 Å². The second-order valence-corrected chi connectivity index (χ2v) is 6.10. The summed E-state index contributed by atoms with van der Waals surface area (Å²) < 4.78 is 1.05. The minimum atomic E-state index is 0.774. The summed E-state index contributed by atoms with van der Waals surface area (Å²) in [5, 5.41) is 9.35. The van der Waals surface area contributed by atoms with E-state index in [1.165, 1.54) is 5.56 Å². The number of thiazole rings is 1. The molecule has 0 amide bonds. The third-order valence-corrected chi connectivity index (χ3v) is 4.86. The Kier molecular flexibility index (Phi) is 3.50. The van der Waals surface area contributed by atoms with Gasteiger partial charge in [-0.25, -0.2) is 4.98 Å². The highest BCUT2D eigenvalue weighted by atomic mass is 35.5. The molecule has 1 N–H and O–H groups in total. The van der Waals surface area contributed by atoms with Crippen LogP contribution >= 0.6 is 34.3 Å². The molecule has 0 unspecified atom stereocenters. The zero-order chi connectivity index (χ0) is 12.4. The molecular formula is C13H11ClN2S2. The number of benzene rings is 1. The number of nitrogens with zero attached hydrogens (tertiary/aromatic N) is 1. The molecule has 0 radical (unpaired) electrons. The van der Waals surface area contributed by atoms with Crippen LogP contribution in [0.25, 0.3) is 10.2 Å². The van der Waals surface area contributed by atoms with Crippen molar-refractivity contribution in [3.8, 4) is 0 Å². The lowest BCUT2D eigenvalue weighted by Gasteiger charge is -1.99. The molecule has 0 saturated carbocycles. The average molecular weight is 295 g/mol. The van der Waals surface area contributed by atoms with E-state index in [0.717, 1.165) is 33.3 Å². The Labute approximate surface area is 118 Å². The highest BCUT2D eigenvalue weighted by Crippen LogP contribution is 2.31. The van der Waals surface area contributed by atoms with Gasteiger partial charge in [0.15, 0.2) is 5.13 Å². The molecule has 3 aromatic rings. The van der Waals surface area contributed by atoms with E-state index in [2.05, 4.69) is 27.1 Å². The van der Waals surface area contributed by atoms with Gasteiger partial charge in [0.05, 0.1) is 15.2 Å². The summed E-state index contributed by atoms with van der Waals surface area (Å²) >= 11 is 9.47. The van der Waals surface area contributed by atoms with E-state index in [0.29, 0.717) is 0 Å². The Hall–Kier alpha value is -1.10. The summed E-state index contributed by atoms with van der Waals surface area (Å²) in [7, 11) is 0. The van der Waals surface area contributed by atoms with Gasteiger partial charge in [0.25, 0.3) is 0 Å². The first-order valence-electron chi connectivity index (χ1n) is 5.63. The number of nitrogens with one attached hydrogen (secondary N) is 1. The molecule has 2 heterocycles. The fraction of sp³-hybridized carbons (Fsp3) is 0.154. The first-order valence-corrected chi connectivity index (χ1v) is 7.76. The van der Waals surface area contributed by atoms with Crippen LogP contribution < -0.4 is 5.32 Å². The van der Waals surface area contributed by atoms with Gasteiger partial charge in [-0.05, 0) is 40.9 Å². The quantitative estimate of drug-likeness (QED) is 0.756. The topological polar surface area (TPSA) is 24.9 Å². The Bertz CT molecular complexity index is 646. The monoisotopic (exact) mass is 294 g/mol. The zero-order valence-corrected chi connectivity index (χ0v) is 11.9. The van der Waals surface area contributed by atoms with Gasteiger partial charge in [-0.15, -0.1) is 0 Å². The summed E-state index contributed by atoms with van der Waals surface area (Å²) in [6.07, 6.45) is 1.02. The number of anilines is 1. The third kappa shape index (κ3) is 2.51. The molecule has 1 aromatic carbocycles. The van der Waals surface area contributed by atoms with Crippen molar-refractivity contribution in [2.24, 2.45) is 0 Å². The van der Waals surface area contributed by atoms with Crippen LogP contribution in [0.3, 0.4) is 0 Å². The molecule has 3 rings (SSSR count). The molecule has 0 bridgehead atoms. The Morgan fingerprint density at radius 2 is 2.22 bits per heavy atom. The number of hydrogen-bond donors (Lipinski definition) is 1. The van der Waals surface area contributed by atoms with Crippen LogP contribution in [0.15, 0.2) is 35.0 Å². The summed E-state index contributed by atoms with van der Waals surface area (Å²) in [5.74, 6) is 0. The molecule has 0 saturated heterocycles. The summed E-state index contributed by atoms with van der Waals surface area (Å²) in [5.41, 5.74) is 2.33. The number of thiophene rings is 1. The van der Waals surface area contributed by atoms with Crippen LogP contribution in [0.5, 0.6) is 0 Å². The number of aromatic nitrogens is 1. The predicted octanol–water partition coefficient (Wildman–Crippen LogP) is 4.67. The van der Waals surface area contributed by atoms with Crippen molar-refractivity contribution in [3.05, 3.63) is 45.6 Å². The molecule has 0 aliphatic heterocycles. The highest BCUT2D eigenvalue weighted by molar-refractivity contribution is 7.22. The molecule has 0 spiro atoms. The van der Waals surface area contributed by atoms with E-state index in [4.69, 9.17) is 11.6 Å². The molecule has 0 atom stereocenters. The van der Waals surface area contributed by atoms with Crippen LogP contribution in [0, 0.1) is 0 Å². The predicted molar refractivity (Wildman–Crippen MR) is 81.1 cm³/mol. The molecular weight excluding hydrogens is 284 g/mol. The van der Waals surface area contributed by atoms with E-state index >= 15 is 0 Å². The van der Waals surface area contributed by atoms with Crippen LogP contribution in [0.4, 0.5) is 5.13 Å². The first-order chi connectivity index (χ1) is 8.83. The zero-order valence-electron chi connectivity index (χ0n) is 9.52. The third-order valence-electron chi connectivity index (χ3n) is 2.64. The SMILES string of the molecule is Clc1cccc2nc(NCCc3ccsc3)sc12. The number of halogens is 1. The minimum absolute atomic E-state index is 0.774. The van der Waals surface area contributed by atoms with Crippen LogP contribution in [-0.4, -0.2) is 11.5 Å². The molecule has 5 heteroatoms. The lowest BCUT2D eigenvalue weighted by Crippen LogP contribution is -2.03. The molecule has 2 nitrogen and oxygen atoms in total. The minimum Gasteiger partial charge on any atom is -0.361 e. The van der Waals surface area contributed by atoms with Gasteiger partial charge in [0, 0.05) is 6.54 Å². The van der Waals surface area contributed by atoms with Crippen molar-refractivity contribution >= 4 is 49.6 Å². The van der Waals surface area contributed by atoms with Gasteiger partial charge >= 0.3 is 0 Å². The molecule has 0 fully saturated rings. The maximum absolute atomic E-state index is 6.13. The Balaban J connectivity index is 1.69. The lowest BCUT2D eigenvalue weighted by molar-refractivity contribution is 1.02. The molecule has 0 aliphatic rings. The highest BCUT2D eigenvalue weighted by Gasteiger charge is 2.06. The number of fused-ring (bicyclic) bond motifs is 1. The lowest BCUT2D eigenvalue weighted by atomic mass is 10.2. The van der Waals surface area contributed by atoms with Crippen molar-refractivity contribution < 1.29 is 0 Å². The molecule has 2 aromatic heterocycles. The van der Waals surface area contributed by atoms with E-state index in [1.54, 1.807) is 22.7 Å². The van der Waals surface area contributed by atoms with Crippen LogP contribution in [-0.2, 0) is 6.42 Å². The van der Waals surface area contributed by atoms with Crippen LogP contribution in [0.2, 0.25) is 5.02 Å². The molecule has 0 aliphatic carbocycles. The standard InChI is InChI=1S/C13H11ClN2S2/c14-10-2-1-3-11-12(10)18-13(16-11)15-6-4-9-5-7-17-8-9/h1-3,5,7-8H,4,6H2,(H,15,16). The maximum Gasteiger partial charge on any atom is 0.183 e. The Morgan fingerprint density at radius 3 is 3.00 bits per heavy atom. The van der Waals surface area contributed by atoms with E-state index in [1.807, 2.05) is 18.2 Å². The van der Waals surface area contributed by atoms with Crippen molar-refractivity contribution in [3.63, 3.8) is 0 Å². The van der Waals surface area contributed by atoms with Gasteiger partial charge in [-0.1, -0.05) is 29.0 Å². The normalized spacial score (nSPS) is 10.9. The van der Waals surface area contributed by atoms with Gasteiger partial charge in [0.1, 0.15) is 0 Å². The maximum atomic E-state index is 6.13. The van der Waals surface area contributed by atoms with Gasteiger partial charge in [-0.2, -0.15) is 11.3 Å². The van der Waals surface area contributed by atoms with E-state index in [9.17, 15) is 0 Å². The fourth-order valence-electron chi connectivity index (χ4n) is 1.74. The van der Waals surface area contributed by atoms with Crippen LogP contribution in [0.1, 0.15) is 5.56 Å². The van der Waals surface area contributed by atoms with Gasteiger partial charge in [-0.3, -0.25) is 0 Å². The van der Waals surface area contributed by atoms with E-state index < -0.39 is 0 Å². The van der Waals surface area contributed by atoms with Gasteiger partial charge < -0.3 is 5.32 Å². The van der Waals surface area contributed by atoms with Crippen molar-refractivity contribution in [2.75, 3.05) is 11.9 Å². The number of hydrogen-bond acceptors (Lipinski definition) is 4. The molecule has 18 heavy (non-hydrogen) atoms. The average Bonchev–Trinajstić information content (AvgIpc) is 2.98. The Morgan fingerprint density at radius 1 is 1.28 bits per heavy atom. The van der Waals surface area contributed by atoms with Gasteiger partial charge in [0.2, 0.25) is 0 Å². The molecule has 92 valence electrons. The summed E-state index contributed by atoms with van der Waals surface area (Å²) in [6, 6.07) is 7.97. The fourth-order valence-corrected chi connectivity index (χ4v) is 3.62.